The van der Waals surface area contributed by atoms with Crippen LogP contribution in [0.1, 0.15) is 38.4 Å². The highest BCUT2D eigenvalue weighted by atomic mass is 16.5. The second kappa shape index (κ2) is 10.5. The number of benzene rings is 3. The van der Waals surface area contributed by atoms with Gasteiger partial charge in [0.15, 0.2) is 5.69 Å². The number of amides is 1. The van der Waals surface area contributed by atoms with Crippen LogP contribution in [0.2, 0.25) is 0 Å². The Labute approximate surface area is 211 Å². The lowest BCUT2D eigenvalue weighted by atomic mass is 10.0. The van der Waals surface area contributed by atoms with Crippen molar-refractivity contribution in [2.75, 3.05) is 20.3 Å². The summed E-state index contributed by atoms with van der Waals surface area (Å²) in [6.45, 7) is 5.11. The molecule has 1 aliphatic heterocycles. The van der Waals surface area contributed by atoms with E-state index in [1.165, 1.54) is 10.9 Å². The van der Waals surface area contributed by atoms with Crippen LogP contribution in [0.15, 0.2) is 60.7 Å². The van der Waals surface area contributed by atoms with Gasteiger partial charge in [0.25, 0.3) is 5.91 Å². The molecule has 1 amide bonds. The summed E-state index contributed by atoms with van der Waals surface area (Å²) in [5.41, 5.74) is 5.89. The van der Waals surface area contributed by atoms with Crippen molar-refractivity contribution in [1.29, 1.82) is 0 Å². The summed E-state index contributed by atoms with van der Waals surface area (Å²) in [6, 6.07) is 20.6. The number of ether oxygens (including phenoxy) is 1. The average Bonchev–Trinajstić information content (AvgIpc) is 3.25. The lowest BCUT2D eigenvalue weighted by Gasteiger charge is -2.28. The molecule has 0 bridgehead atoms. The molecule has 1 aromatic heterocycles. The molecule has 0 saturated carbocycles. The van der Waals surface area contributed by atoms with Gasteiger partial charge < -0.3 is 15.2 Å². The van der Waals surface area contributed by atoms with Crippen LogP contribution >= 0.6 is 0 Å². The van der Waals surface area contributed by atoms with Gasteiger partial charge in [0.05, 0.1) is 20.3 Å². The normalized spacial score (nSPS) is 13.5. The third-order valence-corrected chi connectivity index (χ3v) is 6.86. The molecule has 0 saturated heterocycles. The number of fused-ring (bicyclic) bond motifs is 2. The highest BCUT2D eigenvalue weighted by molar-refractivity contribution is 5.94. The summed E-state index contributed by atoms with van der Waals surface area (Å²) in [5, 5.41) is 19.5. The molecule has 7 nitrogen and oxygen atoms in total. The Bertz CT molecular complexity index is 1390. The number of aliphatic hydroxyl groups excluding tert-OH is 1. The number of nitrogens with one attached hydrogen (secondary N) is 1. The molecule has 2 N–H and O–H groups in total. The Balaban J connectivity index is 1.38. The first-order valence-electron chi connectivity index (χ1n) is 12.4. The fourth-order valence-corrected chi connectivity index (χ4v) is 5.12. The van der Waals surface area contributed by atoms with Crippen molar-refractivity contribution in [1.82, 2.24) is 20.0 Å². The number of aliphatic hydroxyl groups is 1. The van der Waals surface area contributed by atoms with E-state index in [9.17, 15) is 9.90 Å². The molecule has 0 unspecified atom stereocenters. The fourth-order valence-electron chi connectivity index (χ4n) is 5.12. The molecule has 4 aromatic rings. The fraction of sp³-hybridized carbons (Fsp3) is 0.310. The minimum atomic E-state index is -0.179. The zero-order valence-electron chi connectivity index (χ0n) is 20.8. The van der Waals surface area contributed by atoms with Crippen molar-refractivity contribution in [3.05, 3.63) is 94.3 Å². The molecular formula is C29H32N4O3. The summed E-state index contributed by atoms with van der Waals surface area (Å²) in [7, 11) is 1.70. The molecule has 36 heavy (non-hydrogen) atoms. The van der Waals surface area contributed by atoms with Gasteiger partial charge in [0, 0.05) is 49.2 Å². The Hall–Kier alpha value is -3.68. The summed E-state index contributed by atoms with van der Waals surface area (Å²) < 4.78 is 7.36. The molecule has 0 atom stereocenters. The number of hydrogen-bond acceptors (Lipinski definition) is 5. The Morgan fingerprint density at radius 1 is 1.11 bits per heavy atom. The first-order valence-corrected chi connectivity index (χ1v) is 12.4. The van der Waals surface area contributed by atoms with Crippen LogP contribution in [0.4, 0.5) is 0 Å². The largest absolute Gasteiger partial charge is 0.496 e. The molecule has 5 rings (SSSR count). The standard InChI is InChI=1S/C29H32N4O3/c1-20-6-5-7-21(16-20)17-30-29(35)28-25-19-32(13-12-26(25)33(31-28)14-15-34)18-22-10-11-27(36-2)24-9-4-3-8-23(22)24/h3-11,16,34H,12-15,17-19H2,1-2H3,(H,30,35). The molecule has 0 spiro atoms. The minimum absolute atomic E-state index is 0.0139. The summed E-state index contributed by atoms with van der Waals surface area (Å²) in [6.07, 6.45) is 0.779. The molecule has 0 radical (unpaired) electrons. The van der Waals surface area contributed by atoms with Gasteiger partial charge in [-0.2, -0.15) is 5.10 Å². The van der Waals surface area contributed by atoms with E-state index in [1.807, 2.05) is 37.3 Å². The van der Waals surface area contributed by atoms with Gasteiger partial charge in [-0.05, 0) is 29.5 Å². The van der Waals surface area contributed by atoms with Crippen LogP contribution in [-0.4, -0.2) is 46.0 Å². The maximum atomic E-state index is 13.2. The SMILES string of the molecule is COc1ccc(CN2CCc3c(c(C(=O)NCc4cccc(C)c4)nn3CCO)C2)c2ccccc12. The summed E-state index contributed by atoms with van der Waals surface area (Å²) >= 11 is 0. The number of nitrogens with zero attached hydrogens (tertiary/aromatic N) is 3. The van der Waals surface area contributed by atoms with E-state index >= 15 is 0 Å². The number of aryl methyl sites for hydroxylation is 1. The first kappa shape index (κ1) is 24.0. The predicted molar refractivity (Wildman–Crippen MR) is 140 cm³/mol. The van der Waals surface area contributed by atoms with E-state index in [2.05, 4.69) is 45.6 Å². The maximum Gasteiger partial charge on any atom is 0.272 e. The maximum absolute atomic E-state index is 13.2. The zero-order chi connectivity index (χ0) is 25.1. The Kier molecular flexibility index (Phi) is 7.02. The highest BCUT2D eigenvalue weighted by Crippen LogP contribution is 2.31. The van der Waals surface area contributed by atoms with Gasteiger partial charge in [-0.15, -0.1) is 0 Å². The summed E-state index contributed by atoms with van der Waals surface area (Å²) in [5.74, 6) is 0.689. The Morgan fingerprint density at radius 3 is 2.72 bits per heavy atom. The third kappa shape index (κ3) is 4.85. The van der Waals surface area contributed by atoms with E-state index in [4.69, 9.17) is 4.74 Å². The van der Waals surface area contributed by atoms with E-state index in [0.717, 1.165) is 53.0 Å². The lowest BCUT2D eigenvalue weighted by molar-refractivity contribution is 0.0942. The monoisotopic (exact) mass is 484 g/mol. The number of carbonyl (C=O) groups is 1. The quantitative estimate of drug-likeness (QED) is 0.397. The van der Waals surface area contributed by atoms with Crippen molar-refractivity contribution >= 4 is 16.7 Å². The molecule has 186 valence electrons. The molecule has 1 aliphatic rings. The molecule has 3 aromatic carbocycles. The number of aromatic nitrogens is 2. The van der Waals surface area contributed by atoms with Crippen LogP contribution in [0.5, 0.6) is 5.75 Å². The average molecular weight is 485 g/mol. The van der Waals surface area contributed by atoms with Crippen molar-refractivity contribution in [3.8, 4) is 5.75 Å². The second-order valence-electron chi connectivity index (χ2n) is 9.33. The molecule has 7 heteroatoms. The van der Waals surface area contributed by atoms with E-state index in [0.29, 0.717) is 25.3 Å². The zero-order valence-corrected chi connectivity index (χ0v) is 20.8. The second-order valence-corrected chi connectivity index (χ2v) is 9.33. The van der Waals surface area contributed by atoms with Gasteiger partial charge in [0.1, 0.15) is 5.75 Å². The molecular weight excluding hydrogens is 452 g/mol. The van der Waals surface area contributed by atoms with Gasteiger partial charge in [0.2, 0.25) is 0 Å². The topological polar surface area (TPSA) is 79.6 Å². The summed E-state index contributed by atoms with van der Waals surface area (Å²) in [4.78, 5) is 15.6. The molecule has 2 heterocycles. The number of methoxy groups -OCH3 is 1. The van der Waals surface area contributed by atoms with Crippen molar-refractivity contribution in [2.45, 2.75) is 39.5 Å². The predicted octanol–water partition coefficient (Wildman–Crippen LogP) is 3.83. The van der Waals surface area contributed by atoms with Crippen LogP contribution in [0, 0.1) is 6.92 Å². The van der Waals surface area contributed by atoms with Crippen LogP contribution < -0.4 is 10.1 Å². The van der Waals surface area contributed by atoms with Crippen LogP contribution in [0.3, 0.4) is 0 Å². The van der Waals surface area contributed by atoms with Gasteiger partial charge in [-0.1, -0.05) is 60.2 Å². The third-order valence-electron chi connectivity index (χ3n) is 6.86. The van der Waals surface area contributed by atoms with Gasteiger partial charge in [-0.3, -0.25) is 14.4 Å². The number of rotatable bonds is 8. The smallest absolute Gasteiger partial charge is 0.272 e. The Morgan fingerprint density at radius 2 is 1.94 bits per heavy atom. The van der Waals surface area contributed by atoms with Gasteiger partial charge in [-0.25, -0.2) is 0 Å². The van der Waals surface area contributed by atoms with Crippen LogP contribution in [-0.2, 0) is 32.6 Å². The number of carbonyl (C=O) groups excluding carboxylic acids is 1. The molecule has 0 aliphatic carbocycles. The van der Waals surface area contributed by atoms with Crippen molar-refractivity contribution < 1.29 is 14.6 Å². The lowest BCUT2D eigenvalue weighted by Crippen LogP contribution is -2.32. The van der Waals surface area contributed by atoms with Crippen molar-refractivity contribution in [3.63, 3.8) is 0 Å². The molecule has 0 fully saturated rings. The van der Waals surface area contributed by atoms with E-state index < -0.39 is 0 Å². The van der Waals surface area contributed by atoms with E-state index in [-0.39, 0.29) is 12.5 Å². The van der Waals surface area contributed by atoms with Crippen molar-refractivity contribution in [2.24, 2.45) is 0 Å². The van der Waals surface area contributed by atoms with Gasteiger partial charge >= 0.3 is 0 Å². The highest BCUT2D eigenvalue weighted by Gasteiger charge is 2.28. The van der Waals surface area contributed by atoms with Crippen LogP contribution in [0.25, 0.3) is 10.8 Å². The minimum Gasteiger partial charge on any atom is -0.496 e. The van der Waals surface area contributed by atoms with E-state index in [1.54, 1.807) is 11.8 Å². The first-order chi connectivity index (χ1) is 17.6. The number of hydrogen-bond donors (Lipinski definition) is 2.